The summed E-state index contributed by atoms with van der Waals surface area (Å²) in [5.74, 6) is 0. The summed E-state index contributed by atoms with van der Waals surface area (Å²) in [6.07, 6.45) is 1.90. The van der Waals surface area contributed by atoms with E-state index in [1.165, 1.54) is 0 Å². The Labute approximate surface area is 90.1 Å². The van der Waals surface area contributed by atoms with Crippen molar-refractivity contribution >= 4 is 27.3 Å². The summed E-state index contributed by atoms with van der Waals surface area (Å²) in [4.78, 5) is 0. The normalized spacial score (nSPS) is 29.1. The lowest BCUT2D eigenvalue weighted by molar-refractivity contribution is 0.0121. The molecule has 1 unspecified atom stereocenters. The molecule has 1 aromatic heterocycles. The Hall–Kier alpha value is 0.1000. The molecular formula is C9H12BrNOS. The van der Waals surface area contributed by atoms with Gasteiger partial charge in [0.15, 0.2) is 0 Å². The van der Waals surface area contributed by atoms with Crippen LogP contribution in [0.3, 0.4) is 0 Å². The zero-order chi connectivity index (χ0) is 9.31. The summed E-state index contributed by atoms with van der Waals surface area (Å²) in [7, 11) is 0. The molecule has 0 saturated carbocycles. The molecule has 0 amide bonds. The van der Waals surface area contributed by atoms with Gasteiger partial charge >= 0.3 is 0 Å². The van der Waals surface area contributed by atoms with E-state index in [4.69, 9.17) is 0 Å². The largest absolute Gasteiger partial charge is 0.384 e. The van der Waals surface area contributed by atoms with Crippen molar-refractivity contribution in [1.82, 2.24) is 5.32 Å². The van der Waals surface area contributed by atoms with Crippen LogP contribution in [0, 0.1) is 0 Å². The van der Waals surface area contributed by atoms with Crippen LogP contribution in [0.1, 0.15) is 18.4 Å². The van der Waals surface area contributed by atoms with Gasteiger partial charge in [-0.1, -0.05) is 0 Å². The SMILES string of the molecule is OC1(c2cscc2Br)CCCNC1. The summed E-state index contributed by atoms with van der Waals surface area (Å²) in [5.41, 5.74) is 0.376. The molecule has 0 spiro atoms. The monoisotopic (exact) mass is 261 g/mol. The molecule has 1 atom stereocenters. The van der Waals surface area contributed by atoms with E-state index in [0.29, 0.717) is 6.54 Å². The Morgan fingerprint density at radius 3 is 2.92 bits per heavy atom. The third kappa shape index (κ3) is 1.81. The van der Waals surface area contributed by atoms with E-state index in [2.05, 4.69) is 21.2 Å². The summed E-state index contributed by atoms with van der Waals surface area (Å²) in [6, 6.07) is 0. The van der Waals surface area contributed by atoms with Crippen LogP contribution in [0.15, 0.2) is 15.2 Å². The van der Waals surface area contributed by atoms with Crippen molar-refractivity contribution in [2.75, 3.05) is 13.1 Å². The number of thiophene rings is 1. The first-order valence-corrected chi connectivity index (χ1v) is 6.11. The molecule has 2 heterocycles. The maximum absolute atomic E-state index is 10.3. The molecule has 1 fully saturated rings. The number of β-amino-alcohol motifs (C(OH)–C–C–N with tert-alkyl or cyclic N) is 1. The molecule has 1 saturated heterocycles. The van der Waals surface area contributed by atoms with E-state index in [0.717, 1.165) is 29.4 Å². The first-order valence-electron chi connectivity index (χ1n) is 4.38. The van der Waals surface area contributed by atoms with Crippen LogP contribution in [0.5, 0.6) is 0 Å². The van der Waals surface area contributed by atoms with Crippen LogP contribution in [-0.4, -0.2) is 18.2 Å². The number of piperidine rings is 1. The van der Waals surface area contributed by atoms with Crippen LogP contribution in [0.2, 0.25) is 0 Å². The van der Waals surface area contributed by atoms with Gasteiger partial charge in [-0.2, -0.15) is 11.3 Å². The van der Waals surface area contributed by atoms with Crippen molar-refractivity contribution in [2.24, 2.45) is 0 Å². The molecule has 2 nitrogen and oxygen atoms in total. The van der Waals surface area contributed by atoms with Crippen LogP contribution < -0.4 is 5.32 Å². The second-order valence-corrected chi connectivity index (χ2v) is 5.04. The summed E-state index contributed by atoms with van der Waals surface area (Å²) >= 11 is 5.08. The summed E-state index contributed by atoms with van der Waals surface area (Å²) < 4.78 is 1.03. The average Bonchev–Trinajstić information content (AvgIpc) is 2.53. The van der Waals surface area contributed by atoms with Gasteiger partial charge in [-0.05, 0) is 40.7 Å². The molecule has 0 aliphatic carbocycles. The second kappa shape index (κ2) is 3.69. The number of hydrogen-bond donors (Lipinski definition) is 2. The smallest absolute Gasteiger partial charge is 0.104 e. The van der Waals surface area contributed by atoms with Crippen molar-refractivity contribution in [3.63, 3.8) is 0 Å². The van der Waals surface area contributed by atoms with Crippen LogP contribution in [-0.2, 0) is 5.60 Å². The molecule has 4 heteroatoms. The number of halogens is 1. The van der Waals surface area contributed by atoms with E-state index >= 15 is 0 Å². The minimum atomic E-state index is -0.656. The van der Waals surface area contributed by atoms with Crippen LogP contribution in [0.25, 0.3) is 0 Å². The van der Waals surface area contributed by atoms with Crippen molar-refractivity contribution < 1.29 is 5.11 Å². The van der Waals surface area contributed by atoms with E-state index in [9.17, 15) is 5.11 Å². The highest BCUT2D eigenvalue weighted by Crippen LogP contribution is 2.35. The summed E-state index contributed by atoms with van der Waals surface area (Å²) in [5, 5.41) is 17.6. The van der Waals surface area contributed by atoms with Crippen molar-refractivity contribution in [3.8, 4) is 0 Å². The minimum Gasteiger partial charge on any atom is -0.384 e. The van der Waals surface area contributed by atoms with Crippen molar-refractivity contribution in [3.05, 3.63) is 20.8 Å². The van der Waals surface area contributed by atoms with Crippen LogP contribution in [0.4, 0.5) is 0 Å². The third-order valence-electron chi connectivity index (χ3n) is 2.48. The molecule has 72 valence electrons. The first-order chi connectivity index (χ1) is 6.22. The Balaban J connectivity index is 2.27. The fourth-order valence-corrected chi connectivity index (χ4v) is 3.49. The third-order valence-corrected chi connectivity index (χ3v) is 4.18. The van der Waals surface area contributed by atoms with Gasteiger partial charge in [0.25, 0.3) is 0 Å². The van der Waals surface area contributed by atoms with Gasteiger partial charge in [0.1, 0.15) is 5.60 Å². The zero-order valence-electron chi connectivity index (χ0n) is 7.22. The predicted molar refractivity (Wildman–Crippen MR) is 58.0 cm³/mol. The molecule has 13 heavy (non-hydrogen) atoms. The topological polar surface area (TPSA) is 32.3 Å². The fourth-order valence-electron chi connectivity index (χ4n) is 1.73. The van der Waals surface area contributed by atoms with Gasteiger partial charge in [0.2, 0.25) is 0 Å². The first kappa shape index (κ1) is 9.65. The average molecular weight is 262 g/mol. The van der Waals surface area contributed by atoms with Gasteiger partial charge in [-0.3, -0.25) is 0 Å². The van der Waals surface area contributed by atoms with E-state index in [1.807, 2.05) is 10.8 Å². The standard InChI is InChI=1S/C9H12BrNOS/c10-8-5-13-4-7(8)9(12)2-1-3-11-6-9/h4-5,11-12H,1-3,6H2. The Morgan fingerprint density at radius 2 is 2.38 bits per heavy atom. The second-order valence-electron chi connectivity index (χ2n) is 3.45. The summed E-state index contributed by atoms with van der Waals surface area (Å²) in [6.45, 7) is 1.69. The Morgan fingerprint density at radius 1 is 1.54 bits per heavy atom. The van der Waals surface area contributed by atoms with E-state index in [1.54, 1.807) is 11.3 Å². The number of hydrogen-bond acceptors (Lipinski definition) is 3. The molecule has 1 aromatic rings. The molecule has 2 N–H and O–H groups in total. The highest BCUT2D eigenvalue weighted by molar-refractivity contribution is 9.10. The maximum atomic E-state index is 10.3. The molecule has 0 radical (unpaired) electrons. The van der Waals surface area contributed by atoms with E-state index in [-0.39, 0.29) is 0 Å². The molecule has 1 aliphatic heterocycles. The fraction of sp³-hybridized carbons (Fsp3) is 0.556. The van der Waals surface area contributed by atoms with Gasteiger partial charge in [-0.15, -0.1) is 0 Å². The lowest BCUT2D eigenvalue weighted by Crippen LogP contribution is -2.43. The van der Waals surface area contributed by atoms with Crippen molar-refractivity contribution in [1.29, 1.82) is 0 Å². The molecule has 0 aromatic carbocycles. The van der Waals surface area contributed by atoms with E-state index < -0.39 is 5.60 Å². The molecule has 0 bridgehead atoms. The Bertz CT molecular complexity index is 294. The van der Waals surface area contributed by atoms with Crippen molar-refractivity contribution in [2.45, 2.75) is 18.4 Å². The highest BCUT2D eigenvalue weighted by atomic mass is 79.9. The molecule has 2 rings (SSSR count). The quantitative estimate of drug-likeness (QED) is 0.812. The zero-order valence-corrected chi connectivity index (χ0v) is 9.62. The maximum Gasteiger partial charge on any atom is 0.104 e. The lowest BCUT2D eigenvalue weighted by atomic mass is 9.89. The highest BCUT2D eigenvalue weighted by Gasteiger charge is 2.33. The Kier molecular flexibility index (Phi) is 2.74. The van der Waals surface area contributed by atoms with Gasteiger partial charge in [-0.25, -0.2) is 0 Å². The minimum absolute atomic E-state index is 0.656. The van der Waals surface area contributed by atoms with Crippen LogP contribution >= 0.6 is 27.3 Å². The molecule has 1 aliphatic rings. The van der Waals surface area contributed by atoms with Gasteiger partial charge in [0.05, 0.1) is 0 Å². The molecular weight excluding hydrogens is 250 g/mol. The number of nitrogens with one attached hydrogen (secondary N) is 1. The predicted octanol–water partition coefficient (Wildman–Crippen LogP) is 2.08. The van der Waals surface area contributed by atoms with Gasteiger partial charge in [0, 0.05) is 22.0 Å². The number of aliphatic hydroxyl groups is 1. The number of rotatable bonds is 1. The van der Waals surface area contributed by atoms with Gasteiger partial charge < -0.3 is 10.4 Å². The lowest BCUT2D eigenvalue weighted by Gasteiger charge is -2.32.